The zero-order valence-electron chi connectivity index (χ0n) is 14.8. The van der Waals surface area contributed by atoms with E-state index in [2.05, 4.69) is 18.9 Å². The molecule has 2 aromatic carbocycles. The lowest BCUT2D eigenvalue weighted by atomic mass is 9.83. The molecule has 0 bridgehead atoms. The van der Waals surface area contributed by atoms with Gasteiger partial charge in [-0.15, -0.1) is 0 Å². The average Bonchev–Trinajstić information content (AvgIpc) is 3.00. The van der Waals surface area contributed by atoms with Gasteiger partial charge in [0.25, 0.3) is 0 Å². The number of aromatic hydroxyl groups is 1. The standard InChI is InChI=1S/C20H21F2N3O/c1-20(2)8-10-24(11-9-20)25-18-14(12-15(21)19(26)16(18)22)17(23-25)13-6-4-3-5-7-13/h3-7,12,26H,8-11H2,1-2H3. The van der Waals surface area contributed by atoms with Crippen LogP contribution in [0.1, 0.15) is 26.7 Å². The second-order valence-electron chi connectivity index (χ2n) is 7.64. The topological polar surface area (TPSA) is 41.3 Å². The number of piperidine rings is 1. The smallest absolute Gasteiger partial charge is 0.195 e. The highest BCUT2D eigenvalue weighted by Crippen LogP contribution is 2.36. The fraction of sp³-hybridized carbons (Fsp3) is 0.350. The van der Waals surface area contributed by atoms with Crippen LogP contribution in [0.3, 0.4) is 0 Å². The molecule has 6 heteroatoms. The zero-order chi connectivity index (χ0) is 18.5. The molecule has 2 heterocycles. The molecule has 0 saturated carbocycles. The van der Waals surface area contributed by atoms with Gasteiger partial charge in [0, 0.05) is 24.0 Å². The molecule has 1 aliphatic heterocycles. The van der Waals surface area contributed by atoms with Crippen LogP contribution in [0, 0.1) is 17.0 Å². The van der Waals surface area contributed by atoms with Gasteiger partial charge in [0.05, 0.1) is 0 Å². The third-order valence-electron chi connectivity index (χ3n) is 5.23. The molecule has 0 radical (unpaired) electrons. The van der Waals surface area contributed by atoms with Gasteiger partial charge in [0.2, 0.25) is 0 Å². The first-order valence-corrected chi connectivity index (χ1v) is 8.78. The lowest BCUT2D eigenvalue weighted by Crippen LogP contribution is -2.44. The molecule has 0 spiro atoms. The summed E-state index contributed by atoms with van der Waals surface area (Å²) in [6.07, 6.45) is 1.90. The van der Waals surface area contributed by atoms with Crippen molar-refractivity contribution in [2.45, 2.75) is 26.7 Å². The lowest BCUT2D eigenvalue weighted by molar-refractivity contribution is 0.253. The van der Waals surface area contributed by atoms with E-state index in [0.29, 0.717) is 11.1 Å². The zero-order valence-corrected chi connectivity index (χ0v) is 14.8. The van der Waals surface area contributed by atoms with Crippen molar-refractivity contribution in [2.24, 2.45) is 5.41 Å². The van der Waals surface area contributed by atoms with Crippen LogP contribution in [-0.4, -0.2) is 28.1 Å². The minimum atomic E-state index is -0.980. The fourth-order valence-electron chi connectivity index (χ4n) is 3.48. The molecule has 0 amide bonds. The summed E-state index contributed by atoms with van der Waals surface area (Å²) in [7, 11) is 0. The van der Waals surface area contributed by atoms with Gasteiger partial charge in [0.15, 0.2) is 17.4 Å². The molecule has 3 aromatic rings. The molecule has 0 atom stereocenters. The SMILES string of the molecule is CC1(C)CCN(n2nc(-c3ccccc3)c3cc(F)c(O)c(F)c32)CC1. The number of rotatable bonds is 2. The summed E-state index contributed by atoms with van der Waals surface area (Å²) in [6, 6.07) is 10.5. The number of nitrogens with zero attached hydrogens (tertiary/aromatic N) is 3. The predicted octanol–water partition coefficient (Wildman–Crippen LogP) is 4.45. The number of benzene rings is 2. The Labute approximate surface area is 150 Å². The second kappa shape index (κ2) is 5.97. The Morgan fingerprint density at radius 1 is 1.08 bits per heavy atom. The van der Waals surface area contributed by atoms with Gasteiger partial charge in [-0.3, -0.25) is 5.01 Å². The number of halogens is 2. The van der Waals surface area contributed by atoms with Gasteiger partial charge in [-0.05, 0) is 24.3 Å². The Morgan fingerprint density at radius 2 is 1.73 bits per heavy atom. The van der Waals surface area contributed by atoms with E-state index in [0.717, 1.165) is 37.6 Å². The van der Waals surface area contributed by atoms with Crippen LogP contribution in [0.25, 0.3) is 22.2 Å². The molecule has 1 aliphatic rings. The first kappa shape index (κ1) is 16.8. The summed E-state index contributed by atoms with van der Waals surface area (Å²) in [6.45, 7) is 5.86. The molecule has 4 rings (SSSR count). The molecule has 1 fully saturated rings. The summed E-state index contributed by atoms with van der Waals surface area (Å²) in [5.74, 6) is -2.92. The van der Waals surface area contributed by atoms with Crippen molar-refractivity contribution in [1.82, 2.24) is 9.89 Å². The van der Waals surface area contributed by atoms with Crippen molar-refractivity contribution in [1.29, 1.82) is 0 Å². The van der Waals surface area contributed by atoms with E-state index in [9.17, 15) is 13.9 Å². The highest BCUT2D eigenvalue weighted by Gasteiger charge is 2.29. The van der Waals surface area contributed by atoms with Crippen molar-refractivity contribution in [3.63, 3.8) is 0 Å². The monoisotopic (exact) mass is 357 g/mol. The van der Waals surface area contributed by atoms with E-state index in [4.69, 9.17) is 0 Å². The average molecular weight is 357 g/mol. The van der Waals surface area contributed by atoms with Crippen molar-refractivity contribution >= 4 is 10.9 Å². The number of hydrogen-bond donors (Lipinski definition) is 1. The molecule has 1 aromatic heterocycles. The van der Waals surface area contributed by atoms with E-state index < -0.39 is 17.4 Å². The highest BCUT2D eigenvalue weighted by atomic mass is 19.1. The number of phenolic OH excluding ortho intramolecular Hbond substituents is 1. The van der Waals surface area contributed by atoms with Crippen LogP contribution >= 0.6 is 0 Å². The van der Waals surface area contributed by atoms with Gasteiger partial charge in [0.1, 0.15) is 11.2 Å². The molecule has 1 N–H and O–H groups in total. The maximum absolute atomic E-state index is 14.8. The third-order valence-corrected chi connectivity index (χ3v) is 5.23. The summed E-state index contributed by atoms with van der Waals surface area (Å²) < 4.78 is 28.8. The third kappa shape index (κ3) is 2.69. The van der Waals surface area contributed by atoms with Gasteiger partial charge >= 0.3 is 0 Å². The van der Waals surface area contributed by atoms with Crippen LogP contribution < -0.4 is 5.01 Å². The first-order chi connectivity index (χ1) is 12.4. The van der Waals surface area contributed by atoms with Crippen LogP contribution in [0.2, 0.25) is 0 Å². The summed E-state index contributed by atoms with van der Waals surface area (Å²) >= 11 is 0. The minimum absolute atomic E-state index is 0.113. The molecule has 1 saturated heterocycles. The Bertz CT molecular complexity index is 956. The highest BCUT2D eigenvalue weighted by molar-refractivity contribution is 5.94. The lowest BCUT2D eigenvalue weighted by Gasteiger charge is -2.37. The van der Waals surface area contributed by atoms with E-state index >= 15 is 0 Å². The van der Waals surface area contributed by atoms with Crippen molar-refractivity contribution in [2.75, 3.05) is 18.1 Å². The Morgan fingerprint density at radius 3 is 2.38 bits per heavy atom. The van der Waals surface area contributed by atoms with Gasteiger partial charge in [-0.1, -0.05) is 44.2 Å². The number of fused-ring (bicyclic) bond motifs is 1. The normalized spacial score (nSPS) is 17.0. The molecular weight excluding hydrogens is 336 g/mol. The number of hydrogen-bond acceptors (Lipinski definition) is 3. The molecular formula is C20H21F2N3O. The van der Waals surface area contributed by atoms with Crippen molar-refractivity contribution < 1.29 is 13.9 Å². The summed E-state index contributed by atoms with van der Waals surface area (Å²) in [4.78, 5) is 1.50. The quantitative estimate of drug-likeness (QED) is 0.737. The van der Waals surface area contributed by atoms with Crippen LogP contribution in [0.15, 0.2) is 36.4 Å². The predicted molar refractivity (Wildman–Crippen MR) is 97.7 cm³/mol. The molecule has 136 valence electrons. The summed E-state index contributed by atoms with van der Waals surface area (Å²) in [5.41, 5.74) is 1.62. The Balaban J connectivity index is 1.92. The van der Waals surface area contributed by atoms with Gasteiger partial charge in [-0.25, -0.2) is 8.78 Å². The van der Waals surface area contributed by atoms with Crippen LogP contribution in [0.4, 0.5) is 8.78 Å². The molecule has 26 heavy (non-hydrogen) atoms. The molecule has 0 unspecified atom stereocenters. The first-order valence-electron chi connectivity index (χ1n) is 8.78. The molecule has 4 nitrogen and oxygen atoms in total. The minimum Gasteiger partial charge on any atom is -0.503 e. The van der Waals surface area contributed by atoms with Crippen LogP contribution in [0.5, 0.6) is 5.75 Å². The Kier molecular flexibility index (Phi) is 3.86. The second-order valence-corrected chi connectivity index (χ2v) is 7.64. The van der Waals surface area contributed by atoms with E-state index in [1.807, 2.05) is 35.3 Å². The Hall–Kier alpha value is -2.63. The van der Waals surface area contributed by atoms with Crippen molar-refractivity contribution in [3.8, 4) is 17.0 Å². The van der Waals surface area contributed by atoms with E-state index in [1.165, 1.54) is 4.79 Å². The number of aromatic nitrogens is 2. The maximum atomic E-state index is 14.8. The van der Waals surface area contributed by atoms with E-state index in [-0.39, 0.29) is 10.9 Å². The number of phenols is 1. The fourth-order valence-corrected chi connectivity index (χ4v) is 3.48. The summed E-state index contributed by atoms with van der Waals surface area (Å²) in [5, 5.41) is 16.7. The van der Waals surface area contributed by atoms with Gasteiger partial charge < -0.3 is 5.11 Å². The maximum Gasteiger partial charge on any atom is 0.195 e. The van der Waals surface area contributed by atoms with Crippen molar-refractivity contribution in [3.05, 3.63) is 48.0 Å². The van der Waals surface area contributed by atoms with E-state index in [1.54, 1.807) is 0 Å². The largest absolute Gasteiger partial charge is 0.503 e. The van der Waals surface area contributed by atoms with Gasteiger partial charge in [-0.2, -0.15) is 9.89 Å². The van der Waals surface area contributed by atoms with Crippen LogP contribution in [-0.2, 0) is 0 Å². The molecule has 0 aliphatic carbocycles.